The molecular weight excluding hydrogens is 438 g/mol. The van der Waals surface area contributed by atoms with E-state index in [0.717, 1.165) is 17.1 Å². The lowest BCUT2D eigenvalue weighted by molar-refractivity contribution is -0.113. The van der Waals surface area contributed by atoms with Crippen molar-refractivity contribution in [2.45, 2.75) is 5.16 Å². The van der Waals surface area contributed by atoms with Gasteiger partial charge in [-0.1, -0.05) is 23.4 Å². The van der Waals surface area contributed by atoms with Crippen molar-refractivity contribution in [3.8, 4) is 22.9 Å². The summed E-state index contributed by atoms with van der Waals surface area (Å²) >= 11 is 7.41. The summed E-state index contributed by atoms with van der Waals surface area (Å²) in [6.07, 6.45) is 0. The van der Waals surface area contributed by atoms with E-state index in [1.165, 1.54) is 26.0 Å². The fourth-order valence-electron chi connectivity index (χ4n) is 2.88. The van der Waals surface area contributed by atoms with Gasteiger partial charge >= 0.3 is 0 Å². The Morgan fingerprint density at radius 1 is 1.13 bits per heavy atom. The van der Waals surface area contributed by atoms with Crippen LogP contribution in [0.1, 0.15) is 0 Å². The van der Waals surface area contributed by atoms with Gasteiger partial charge in [0.2, 0.25) is 5.91 Å². The van der Waals surface area contributed by atoms with E-state index >= 15 is 0 Å². The maximum atomic E-state index is 12.5. The molecule has 31 heavy (non-hydrogen) atoms. The Morgan fingerprint density at radius 3 is 2.42 bits per heavy atom. The van der Waals surface area contributed by atoms with Crippen molar-refractivity contribution in [3.05, 3.63) is 41.4 Å². The number of benzene rings is 2. The van der Waals surface area contributed by atoms with Crippen molar-refractivity contribution < 1.29 is 14.3 Å². The van der Waals surface area contributed by atoms with Crippen molar-refractivity contribution >= 4 is 40.6 Å². The van der Waals surface area contributed by atoms with Crippen LogP contribution in [0.2, 0.25) is 5.02 Å². The topological polar surface area (TPSA) is 81.5 Å². The van der Waals surface area contributed by atoms with Gasteiger partial charge in [0.05, 0.1) is 30.7 Å². The van der Waals surface area contributed by atoms with Crippen molar-refractivity contribution in [2.75, 3.05) is 44.3 Å². The van der Waals surface area contributed by atoms with Crippen molar-refractivity contribution in [1.29, 1.82) is 0 Å². The number of carbonyl (C=O) groups is 1. The summed E-state index contributed by atoms with van der Waals surface area (Å²) in [5.74, 6) is 1.57. The largest absolute Gasteiger partial charge is 0.495 e. The third kappa shape index (κ3) is 5.23. The van der Waals surface area contributed by atoms with Crippen LogP contribution >= 0.6 is 23.4 Å². The van der Waals surface area contributed by atoms with Crippen LogP contribution in [-0.2, 0) is 11.8 Å². The first-order valence-corrected chi connectivity index (χ1v) is 10.7. The number of anilines is 2. The van der Waals surface area contributed by atoms with E-state index in [9.17, 15) is 4.79 Å². The Balaban J connectivity index is 1.68. The number of hydrogen-bond donors (Lipinski definition) is 1. The van der Waals surface area contributed by atoms with E-state index in [1.54, 1.807) is 12.1 Å². The van der Waals surface area contributed by atoms with Gasteiger partial charge < -0.3 is 24.3 Å². The van der Waals surface area contributed by atoms with Crippen LogP contribution in [0, 0.1) is 0 Å². The average molecular weight is 462 g/mol. The number of carbonyl (C=O) groups excluding carboxylic acids is 1. The minimum atomic E-state index is -0.215. The maximum absolute atomic E-state index is 12.5. The second kappa shape index (κ2) is 9.93. The summed E-state index contributed by atoms with van der Waals surface area (Å²) in [7, 11) is 8.88. The van der Waals surface area contributed by atoms with Gasteiger partial charge in [-0.3, -0.25) is 4.79 Å². The van der Waals surface area contributed by atoms with Crippen LogP contribution in [0.15, 0.2) is 41.6 Å². The molecule has 1 amide bonds. The van der Waals surface area contributed by atoms with Crippen LogP contribution in [0.25, 0.3) is 11.4 Å². The van der Waals surface area contributed by atoms with Gasteiger partial charge in [-0.05, 0) is 24.3 Å². The zero-order chi connectivity index (χ0) is 22.5. The summed E-state index contributed by atoms with van der Waals surface area (Å²) < 4.78 is 12.4. The van der Waals surface area contributed by atoms with E-state index in [1.807, 2.05) is 54.9 Å². The summed E-state index contributed by atoms with van der Waals surface area (Å²) in [6, 6.07) is 11.3. The fourth-order valence-corrected chi connectivity index (χ4v) is 3.82. The highest BCUT2D eigenvalue weighted by molar-refractivity contribution is 7.99. The van der Waals surface area contributed by atoms with Crippen LogP contribution in [0.5, 0.6) is 11.5 Å². The number of thioether (sulfide) groups is 1. The smallest absolute Gasteiger partial charge is 0.234 e. The Kier molecular flexibility index (Phi) is 7.29. The number of methoxy groups -OCH3 is 2. The van der Waals surface area contributed by atoms with Crippen LogP contribution in [0.4, 0.5) is 11.4 Å². The molecule has 3 aromatic rings. The molecule has 0 aliphatic rings. The second-order valence-corrected chi connectivity index (χ2v) is 8.18. The van der Waals surface area contributed by atoms with E-state index in [2.05, 4.69) is 15.5 Å². The molecule has 1 N–H and O–H groups in total. The van der Waals surface area contributed by atoms with Crippen molar-refractivity contribution in [3.63, 3.8) is 0 Å². The summed E-state index contributed by atoms with van der Waals surface area (Å²) in [5, 5.41) is 12.4. The molecule has 164 valence electrons. The highest BCUT2D eigenvalue weighted by atomic mass is 35.5. The van der Waals surface area contributed by atoms with E-state index in [0.29, 0.717) is 27.4 Å². The van der Waals surface area contributed by atoms with E-state index < -0.39 is 0 Å². The zero-order valence-electron chi connectivity index (χ0n) is 18.0. The normalized spacial score (nSPS) is 10.6. The van der Waals surface area contributed by atoms with Gasteiger partial charge in [-0.2, -0.15) is 0 Å². The van der Waals surface area contributed by atoms with Gasteiger partial charge in [0.25, 0.3) is 0 Å². The maximum Gasteiger partial charge on any atom is 0.234 e. The molecule has 0 saturated heterocycles. The molecule has 0 atom stereocenters. The quantitative estimate of drug-likeness (QED) is 0.508. The molecule has 0 aliphatic heterocycles. The predicted octanol–water partition coefficient (Wildman–Crippen LogP) is 3.95. The monoisotopic (exact) mass is 461 g/mol. The van der Waals surface area contributed by atoms with E-state index in [-0.39, 0.29) is 11.7 Å². The molecule has 0 radical (unpaired) electrons. The molecule has 1 aromatic heterocycles. The second-order valence-electron chi connectivity index (χ2n) is 6.83. The fraction of sp³-hybridized carbons (Fsp3) is 0.286. The number of amides is 1. The summed E-state index contributed by atoms with van der Waals surface area (Å²) in [6.45, 7) is 0. The van der Waals surface area contributed by atoms with Gasteiger partial charge in [0.15, 0.2) is 11.0 Å². The molecule has 0 fully saturated rings. The summed E-state index contributed by atoms with van der Waals surface area (Å²) in [4.78, 5) is 14.5. The van der Waals surface area contributed by atoms with Gasteiger partial charge in [0, 0.05) is 44.5 Å². The Morgan fingerprint density at radius 2 is 1.81 bits per heavy atom. The molecule has 1 heterocycles. The lowest BCUT2D eigenvalue weighted by Gasteiger charge is -2.13. The van der Waals surface area contributed by atoms with Crippen LogP contribution in [-0.4, -0.2) is 54.7 Å². The lowest BCUT2D eigenvalue weighted by Crippen LogP contribution is -2.15. The molecule has 0 spiro atoms. The minimum absolute atomic E-state index is 0.152. The molecular formula is C21H24ClN5O3S. The number of halogens is 1. The number of ether oxygens (including phenoxy) is 2. The number of hydrogen-bond acceptors (Lipinski definition) is 7. The standard InChI is InChI=1S/C21H24ClN5O3S/c1-26(2)14-8-6-13(7-9-14)20-24-25-21(27(20)3)31-12-19(28)23-16-11-17(29-4)15(22)10-18(16)30-5/h6-11H,12H2,1-5H3,(H,23,28). The Labute approximate surface area is 190 Å². The van der Waals surface area contributed by atoms with Crippen LogP contribution < -0.4 is 19.7 Å². The highest BCUT2D eigenvalue weighted by Crippen LogP contribution is 2.36. The first-order chi connectivity index (χ1) is 14.8. The first kappa shape index (κ1) is 22.8. The molecule has 0 bridgehead atoms. The first-order valence-electron chi connectivity index (χ1n) is 9.35. The number of nitrogens with zero attached hydrogens (tertiary/aromatic N) is 4. The molecule has 0 saturated carbocycles. The van der Waals surface area contributed by atoms with E-state index in [4.69, 9.17) is 21.1 Å². The number of nitrogens with one attached hydrogen (secondary N) is 1. The van der Waals surface area contributed by atoms with Crippen LogP contribution in [0.3, 0.4) is 0 Å². The summed E-state index contributed by atoms with van der Waals surface area (Å²) in [5.41, 5.74) is 2.54. The number of aromatic nitrogens is 3. The number of rotatable bonds is 8. The van der Waals surface area contributed by atoms with Gasteiger partial charge in [-0.15, -0.1) is 10.2 Å². The lowest BCUT2D eigenvalue weighted by atomic mass is 10.2. The SMILES string of the molecule is COc1cc(NC(=O)CSc2nnc(-c3ccc(N(C)C)cc3)n2C)c(OC)cc1Cl. The van der Waals surface area contributed by atoms with Crippen molar-refractivity contribution in [2.24, 2.45) is 7.05 Å². The Hall–Kier alpha value is -2.91. The average Bonchev–Trinajstić information content (AvgIpc) is 3.13. The molecule has 0 unspecified atom stereocenters. The predicted molar refractivity (Wildman–Crippen MR) is 125 cm³/mol. The third-order valence-corrected chi connectivity index (χ3v) is 5.87. The van der Waals surface area contributed by atoms with Gasteiger partial charge in [-0.25, -0.2) is 0 Å². The highest BCUT2D eigenvalue weighted by Gasteiger charge is 2.16. The Bertz CT molecular complexity index is 1070. The molecule has 2 aromatic carbocycles. The molecule has 3 rings (SSSR count). The van der Waals surface area contributed by atoms with Gasteiger partial charge in [0.1, 0.15) is 11.5 Å². The van der Waals surface area contributed by atoms with Crippen molar-refractivity contribution in [1.82, 2.24) is 14.8 Å². The molecule has 8 nitrogen and oxygen atoms in total. The minimum Gasteiger partial charge on any atom is -0.495 e. The molecule has 0 aliphatic carbocycles. The molecule has 10 heteroatoms. The zero-order valence-corrected chi connectivity index (χ0v) is 19.5. The third-order valence-electron chi connectivity index (χ3n) is 4.56.